The second kappa shape index (κ2) is 8.07. The van der Waals surface area contributed by atoms with Crippen LogP contribution in [-0.4, -0.2) is 34.1 Å². The first kappa shape index (κ1) is 21.5. The summed E-state index contributed by atoms with van der Waals surface area (Å²) in [6, 6.07) is 10.3. The number of aliphatic carboxylic acids is 1. The van der Waals surface area contributed by atoms with E-state index in [-0.39, 0.29) is 10.8 Å². The van der Waals surface area contributed by atoms with Crippen LogP contribution in [0.2, 0.25) is 4.71 Å². The van der Waals surface area contributed by atoms with Gasteiger partial charge in [-0.3, -0.25) is 0 Å². The molecule has 27 heavy (non-hydrogen) atoms. The van der Waals surface area contributed by atoms with Gasteiger partial charge >= 0.3 is 161 Å². The van der Waals surface area contributed by atoms with Crippen LogP contribution in [0.5, 0.6) is 0 Å². The molecule has 0 aromatic heterocycles. The Morgan fingerprint density at radius 2 is 1.41 bits per heavy atom. The van der Waals surface area contributed by atoms with Crippen molar-refractivity contribution in [3.05, 3.63) is 54.1 Å². The van der Waals surface area contributed by atoms with E-state index in [1.54, 1.807) is 13.8 Å². The van der Waals surface area contributed by atoms with Crippen molar-refractivity contribution >= 4 is 28.7 Å². The zero-order valence-electron chi connectivity index (χ0n) is 14.5. The van der Waals surface area contributed by atoms with Gasteiger partial charge in [-0.15, -0.1) is 0 Å². The van der Waals surface area contributed by atoms with Crippen molar-refractivity contribution in [2.45, 2.75) is 29.6 Å². The van der Waals surface area contributed by atoms with Crippen LogP contribution in [0.15, 0.2) is 53.4 Å². The number of benzene rings is 2. The Balaban J connectivity index is 2.25. The van der Waals surface area contributed by atoms with Crippen molar-refractivity contribution in [3.63, 3.8) is 0 Å². The van der Waals surface area contributed by atoms with Crippen molar-refractivity contribution < 1.29 is 31.5 Å². The van der Waals surface area contributed by atoms with Gasteiger partial charge in [0.1, 0.15) is 0 Å². The van der Waals surface area contributed by atoms with Crippen molar-refractivity contribution in [1.29, 1.82) is 0 Å². The zero-order valence-corrected chi connectivity index (χ0v) is 17.4. The molecule has 4 nitrogen and oxygen atoms in total. The van der Waals surface area contributed by atoms with Gasteiger partial charge in [0.2, 0.25) is 0 Å². The number of alkyl halides is 3. The zero-order chi connectivity index (χ0) is 20.4. The van der Waals surface area contributed by atoms with Gasteiger partial charge in [-0.1, -0.05) is 0 Å². The van der Waals surface area contributed by atoms with E-state index in [2.05, 4.69) is 0 Å². The molecule has 0 fully saturated rings. The molecule has 0 bridgehead atoms. The van der Waals surface area contributed by atoms with Crippen molar-refractivity contribution in [3.8, 4) is 11.1 Å². The monoisotopic (exact) mass is 462 g/mol. The summed E-state index contributed by atoms with van der Waals surface area (Å²) in [5, 5.41) is 9.21. The first-order valence-corrected chi connectivity index (χ1v) is 13.2. The van der Waals surface area contributed by atoms with Crippen LogP contribution in [-0.2, 0) is 19.1 Å². The Kier molecular flexibility index (Phi) is 6.42. The van der Waals surface area contributed by atoms with Crippen molar-refractivity contribution in [2.75, 3.05) is 0 Å². The SMILES string of the molecule is CC(C)[C@H]([AsH]S(=O)(=O)c1ccc(-c2ccc(C(F)(F)F)cc2)cc1)C(=O)O. The molecule has 0 saturated carbocycles. The number of rotatable bonds is 6. The predicted molar refractivity (Wildman–Crippen MR) is 97.4 cm³/mol. The Labute approximate surface area is 161 Å². The molecule has 0 heterocycles. The fourth-order valence-electron chi connectivity index (χ4n) is 2.39. The first-order valence-electron chi connectivity index (χ1n) is 7.94. The number of halogens is 3. The van der Waals surface area contributed by atoms with Gasteiger partial charge in [0, 0.05) is 0 Å². The van der Waals surface area contributed by atoms with E-state index in [0.29, 0.717) is 11.1 Å². The molecule has 2 aromatic carbocycles. The van der Waals surface area contributed by atoms with Crippen LogP contribution in [0.1, 0.15) is 19.4 Å². The third kappa shape index (κ3) is 5.36. The molecule has 0 aliphatic carbocycles. The van der Waals surface area contributed by atoms with Gasteiger partial charge in [-0.25, -0.2) is 0 Å². The molecule has 2 aromatic rings. The van der Waals surface area contributed by atoms with E-state index in [4.69, 9.17) is 0 Å². The van der Waals surface area contributed by atoms with Crippen molar-refractivity contribution in [1.82, 2.24) is 0 Å². The Morgan fingerprint density at radius 3 is 1.78 bits per heavy atom. The number of carboxylic acids is 1. The van der Waals surface area contributed by atoms with Gasteiger partial charge in [0.05, 0.1) is 0 Å². The Morgan fingerprint density at radius 1 is 0.963 bits per heavy atom. The standard InChI is InChI=1S/C18H18AsF3O4S/c1-11(2)16(17(23)24)19-27(25,26)15-9-5-13(6-10-15)12-3-7-14(8-4-12)18(20,21)22/h3-11,16,19H,1-2H3,(H,23,24)/t16-/m0/s1. The molecule has 0 saturated heterocycles. The summed E-state index contributed by atoms with van der Waals surface area (Å²) < 4.78 is 62.0. The first-order chi connectivity index (χ1) is 12.4. The van der Waals surface area contributed by atoms with E-state index in [0.717, 1.165) is 12.1 Å². The topological polar surface area (TPSA) is 71.4 Å². The average Bonchev–Trinajstić information content (AvgIpc) is 2.59. The normalized spacial score (nSPS) is 14.0. The Bertz CT molecular complexity index is 905. The molecule has 0 aliphatic heterocycles. The summed E-state index contributed by atoms with van der Waals surface area (Å²) >= 11 is -1.84. The van der Waals surface area contributed by atoms with Gasteiger partial charge in [-0.2, -0.15) is 0 Å². The van der Waals surface area contributed by atoms with Crippen LogP contribution in [0.4, 0.5) is 13.2 Å². The summed E-state index contributed by atoms with van der Waals surface area (Å²) in [5.41, 5.74) is 0.333. The summed E-state index contributed by atoms with van der Waals surface area (Å²) in [6.45, 7) is 3.34. The van der Waals surface area contributed by atoms with Crippen LogP contribution < -0.4 is 0 Å². The number of carboxylic acid groups (broad SMARTS) is 1. The van der Waals surface area contributed by atoms with Gasteiger partial charge in [0.25, 0.3) is 0 Å². The summed E-state index contributed by atoms with van der Waals surface area (Å²) in [4.78, 5) is 11.3. The van der Waals surface area contributed by atoms with E-state index < -0.39 is 45.1 Å². The second-order valence-electron chi connectivity index (χ2n) is 6.28. The molecule has 146 valence electrons. The molecule has 9 heteroatoms. The molecular weight excluding hydrogens is 444 g/mol. The molecular formula is C18H18AsF3O4S. The minimum absolute atomic E-state index is 0.0325. The maximum atomic E-state index is 12.6. The number of carbonyl (C=O) groups is 1. The van der Waals surface area contributed by atoms with Crippen LogP contribution in [0, 0.1) is 5.92 Å². The quantitative estimate of drug-likeness (QED) is 0.659. The average molecular weight is 462 g/mol. The molecule has 0 amide bonds. The van der Waals surface area contributed by atoms with Crippen molar-refractivity contribution in [2.24, 2.45) is 5.92 Å². The Hall–Kier alpha value is -1.79. The van der Waals surface area contributed by atoms with Gasteiger partial charge in [-0.05, 0) is 0 Å². The number of hydrogen-bond acceptors (Lipinski definition) is 3. The minimum atomic E-state index is -4.42. The summed E-state index contributed by atoms with van der Waals surface area (Å²) in [6.07, 6.45) is -4.42. The molecule has 2 rings (SSSR count). The summed E-state index contributed by atoms with van der Waals surface area (Å²) in [5.74, 6) is -1.40. The summed E-state index contributed by atoms with van der Waals surface area (Å²) in [7, 11) is -3.68. The molecule has 0 radical (unpaired) electrons. The third-order valence-corrected chi connectivity index (χ3v) is 12.3. The number of hydrogen-bond donors (Lipinski definition) is 1. The predicted octanol–water partition coefficient (Wildman–Crippen LogP) is 4.03. The van der Waals surface area contributed by atoms with Gasteiger partial charge < -0.3 is 0 Å². The molecule has 0 spiro atoms. The maximum absolute atomic E-state index is 12.6. The van der Waals surface area contributed by atoms with Crippen LogP contribution >= 0.6 is 0 Å². The van der Waals surface area contributed by atoms with E-state index in [1.165, 1.54) is 36.4 Å². The van der Waals surface area contributed by atoms with E-state index in [1.807, 2.05) is 0 Å². The third-order valence-electron chi connectivity index (χ3n) is 3.93. The van der Waals surface area contributed by atoms with Crippen LogP contribution in [0.3, 0.4) is 0 Å². The molecule has 1 unspecified atom stereocenters. The molecule has 1 N–H and O–H groups in total. The van der Waals surface area contributed by atoms with Crippen LogP contribution in [0.25, 0.3) is 11.1 Å². The second-order valence-corrected chi connectivity index (χ2v) is 14.2. The van der Waals surface area contributed by atoms with E-state index in [9.17, 15) is 31.5 Å². The van der Waals surface area contributed by atoms with E-state index >= 15 is 0 Å². The molecule has 2 atom stereocenters. The molecule has 0 aliphatic rings. The van der Waals surface area contributed by atoms with Gasteiger partial charge in [0.15, 0.2) is 0 Å². The fraction of sp³-hybridized carbons (Fsp3) is 0.278. The fourth-order valence-corrected chi connectivity index (χ4v) is 9.89.